The monoisotopic (exact) mass is 363 g/mol. The van der Waals surface area contributed by atoms with Gasteiger partial charge < -0.3 is 4.74 Å². The maximum atomic E-state index is 5.46. The number of hydrogen-bond acceptors (Lipinski definition) is 3. The van der Waals surface area contributed by atoms with Crippen LogP contribution in [-0.4, -0.2) is 19.3 Å². The van der Waals surface area contributed by atoms with E-state index in [9.17, 15) is 0 Å². The summed E-state index contributed by atoms with van der Waals surface area (Å²) in [5.74, 6) is 0. The molecule has 1 atom stereocenters. The van der Waals surface area contributed by atoms with Crippen molar-refractivity contribution in [1.82, 2.24) is 0 Å². The highest BCUT2D eigenvalue weighted by Crippen LogP contribution is 2.12. The molecule has 3 heteroatoms. The summed E-state index contributed by atoms with van der Waals surface area (Å²) in [7, 11) is 0. The van der Waals surface area contributed by atoms with Crippen molar-refractivity contribution in [3.63, 3.8) is 0 Å². The summed E-state index contributed by atoms with van der Waals surface area (Å²) in [6, 6.07) is 10.1. The van der Waals surface area contributed by atoms with Gasteiger partial charge in [0.2, 0.25) is 0 Å². The van der Waals surface area contributed by atoms with Gasteiger partial charge in [0, 0.05) is 0 Å². The molecule has 1 aliphatic heterocycles. The molecule has 1 aromatic rings. The second-order valence-corrected chi connectivity index (χ2v) is 7.35. The molecule has 1 saturated heterocycles. The Morgan fingerprint density at radius 3 is 1.77 bits per heavy atom. The highest BCUT2D eigenvalue weighted by Gasteiger charge is 2.13. The lowest BCUT2D eigenvalue weighted by Crippen LogP contribution is -2.02. The van der Waals surface area contributed by atoms with Gasteiger partial charge in [-0.2, -0.15) is 0 Å². The van der Waals surface area contributed by atoms with Gasteiger partial charge in [-0.05, 0) is 25.5 Å². The molecule has 1 fully saturated rings. The summed E-state index contributed by atoms with van der Waals surface area (Å²) in [6.07, 6.45) is 17.1. The highest BCUT2D eigenvalue weighted by atomic mass is 16.6. The van der Waals surface area contributed by atoms with Crippen LogP contribution in [0.2, 0.25) is 0 Å². The molecular weight excluding hydrogens is 322 g/mol. The van der Waals surface area contributed by atoms with Gasteiger partial charge in [0.1, 0.15) is 0 Å². The molecule has 0 aliphatic carbocycles. The first kappa shape index (κ1) is 23.0. The molecule has 2 rings (SSSR count). The number of epoxide rings is 1. The Morgan fingerprint density at radius 2 is 1.31 bits per heavy atom. The van der Waals surface area contributed by atoms with Crippen molar-refractivity contribution < 1.29 is 9.57 Å². The quantitative estimate of drug-likeness (QED) is 0.204. The minimum Gasteiger partial charge on any atom is -0.373 e. The predicted octanol–water partition coefficient (Wildman–Crippen LogP) is 7.14. The number of ether oxygens (including phenoxy) is 1. The van der Waals surface area contributed by atoms with E-state index in [1.54, 1.807) is 0 Å². The Kier molecular flexibility index (Phi) is 15.3. The number of unbranched alkanes of at least 4 members (excludes halogenated alkanes) is 11. The first-order valence-electron chi connectivity index (χ1n) is 10.9. The molecule has 0 aromatic heterocycles. The van der Waals surface area contributed by atoms with Crippen LogP contribution in [0.1, 0.15) is 90.9 Å². The standard InChI is InChI=1S/C20H35NO.C3H6O/c1-2-3-4-5-6-7-8-9-10-11-12-16-19-22-21-20-17-14-13-15-18-20;1-3-2-4-3/h13-15,17-18,21H,2-12,16,19H2,1H3;3H,2H2,1H3. The van der Waals surface area contributed by atoms with Crippen molar-refractivity contribution in [3.8, 4) is 0 Å². The van der Waals surface area contributed by atoms with E-state index >= 15 is 0 Å². The lowest BCUT2D eigenvalue weighted by molar-refractivity contribution is 0.187. The molecule has 1 N–H and O–H groups in total. The first-order valence-corrected chi connectivity index (χ1v) is 10.9. The summed E-state index contributed by atoms with van der Waals surface area (Å²) in [6.45, 7) is 6.12. The van der Waals surface area contributed by atoms with Gasteiger partial charge in [0.25, 0.3) is 0 Å². The van der Waals surface area contributed by atoms with Crippen LogP contribution in [0.4, 0.5) is 5.69 Å². The normalized spacial score (nSPS) is 15.2. The third kappa shape index (κ3) is 16.4. The molecule has 0 radical (unpaired) electrons. The second-order valence-electron chi connectivity index (χ2n) is 7.35. The SMILES string of the molecule is CC1CO1.CCCCCCCCCCCCCCONc1ccccc1. The van der Waals surface area contributed by atoms with E-state index in [-0.39, 0.29) is 0 Å². The van der Waals surface area contributed by atoms with Crippen molar-refractivity contribution in [1.29, 1.82) is 0 Å². The van der Waals surface area contributed by atoms with Crippen molar-refractivity contribution in [2.24, 2.45) is 0 Å². The lowest BCUT2D eigenvalue weighted by Gasteiger charge is -2.06. The Morgan fingerprint density at radius 1 is 0.846 bits per heavy atom. The molecule has 3 nitrogen and oxygen atoms in total. The maximum Gasteiger partial charge on any atom is 0.0781 e. The van der Waals surface area contributed by atoms with Gasteiger partial charge >= 0.3 is 0 Å². The fourth-order valence-corrected chi connectivity index (χ4v) is 2.75. The third-order valence-corrected chi connectivity index (χ3v) is 4.56. The van der Waals surface area contributed by atoms with Crippen LogP contribution in [0.5, 0.6) is 0 Å². The van der Waals surface area contributed by atoms with Crippen molar-refractivity contribution in [3.05, 3.63) is 30.3 Å². The van der Waals surface area contributed by atoms with Crippen molar-refractivity contribution in [2.75, 3.05) is 18.7 Å². The average molecular weight is 364 g/mol. The van der Waals surface area contributed by atoms with Gasteiger partial charge in [-0.15, -0.1) is 0 Å². The van der Waals surface area contributed by atoms with E-state index in [1.165, 1.54) is 70.6 Å². The topological polar surface area (TPSA) is 33.8 Å². The Balaban J connectivity index is 0.000000739. The Bertz CT molecular complexity index is 392. The Labute approximate surface area is 161 Å². The van der Waals surface area contributed by atoms with Crippen LogP contribution in [0.25, 0.3) is 0 Å². The van der Waals surface area contributed by atoms with E-state index in [1.807, 2.05) is 30.3 Å². The molecule has 0 bridgehead atoms. The molecule has 1 unspecified atom stereocenters. The van der Waals surface area contributed by atoms with Crippen LogP contribution in [-0.2, 0) is 9.57 Å². The molecule has 0 amide bonds. The molecule has 150 valence electrons. The van der Waals surface area contributed by atoms with E-state index in [0.717, 1.165) is 25.3 Å². The largest absolute Gasteiger partial charge is 0.373 e. The number of para-hydroxylation sites is 1. The van der Waals surface area contributed by atoms with E-state index in [0.29, 0.717) is 6.10 Å². The van der Waals surface area contributed by atoms with Gasteiger partial charge in [0.15, 0.2) is 0 Å². The zero-order chi connectivity index (χ0) is 18.7. The van der Waals surface area contributed by atoms with E-state index in [4.69, 9.17) is 9.57 Å². The highest BCUT2D eigenvalue weighted by molar-refractivity contribution is 5.39. The summed E-state index contributed by atoms with van der Waals surface area (Å²) in [5, 5.41) is 0. The average Bonchev–Trinajstić information content (AvgIpc) is 3.45. The number of benzene rings is 1. The van der Waals surface area contributed by atoms with Gasteiger partial charge in [0.05, 0.1) is 25.0 Å². The van der Waals surface area contributed by atoms with Gasteiger partial charge in [-0.25, -0.2) is 0 Å². The third-order valence-electron chi connectivity index (χ3n) is 4.56. The number of hydrogen-bond donors (Lipinski definition) is 1. The van der Waals surface area contributed by atoms with Crippen molar-refractivity contribution >= 4 is 5.69 Å². The van der Waals surface area contributed by atoms with Crippen LogP contribution < -0.4 is 5.48 Å². The zero-order valence-corrected chi connectivity index (χ0v) is 17.2. The van der Waals surface area contributed by atoms with Gasteiger partial charge in [-0.1, -0.05) is 95.8 Å². The second kappa shape index (κ2) is 17.4. The van der Waals surface area contributed by atoms with Gasteiger partial charge in [-0.3, -0.25) is 10.3 Å². The minimum absolute atomic E-state index is 0.583. The number of rotatable bonds is 15. The summed E-state index contributed by atoms with van der Waals surface area (Å²) in [4.78, 5) is 5.46. The van der Waals surface area contributed by atoms with Crippen LogP contribution in [0.15, 0.2) is 30.3 Å². The van der Waals surface area contributed by atoms with E-state index < -0.39 is 0 Å². The molecule has 0 spiro atoms. The first-order chi connectivity index (χ1) is 12.8. The maximum absolute atomic E-state index is 5.46. The number of nitrogens with one attached hydrogen (secondary N) is 1. The molecule has 26 heavy (non-hydrogen) atoms. The lowest BCUT2D eigenvalue weighted by atomic mass is 10.1. The molecule has 1 heterocycles. The van der Waals surface area contributed by atoms with Crippen LogP contribution in [0.3, 0.4) is 0 Å². The Hall–Kier alpha value is -1.06. The molecule has 1 aromatic carbocycles. The van der Waals surface area contributed by atoms with Crippen molar-refractivity contribution in [2.45, 2.75) is 97.0 Å². The smallest absolute Gasteiger partial charge is 0.0781 e. The fourth-order valence-electron chi connectivity index (χ4n) is 2.75. The summed E-state index contributed by atoms with van der Waals surface area (Å²) < 4.78 is 4.71. The summed E-state index contributed by atoms with van der Waals surface area (Å²) >= 11 is 0. The predicted molar refractivity (Wildman–Crippen MR) is 113 cm³/mol. The minimum atomic E-state index is 0.583. The van der Waals surface area contributed by atoms with E-state index in [2.05, 4.69) is 19.3 Å². The number of anilines is 1. The molecule has 1 aliphatic rings. The molecular formula is C23H41NO2. The zero-order valence-electron chi connectivity index (χ0n) is 17.2. The van der Waals surface area contributed by atoms with Crippen LogP contribution in [0, 0.1) is 0 Å². The van der Waals surface area contributed by atoms with Crippen LogP contribution >= 0.6 is 0 Å². The molecule has 0 saturated carbocycles. The fraction of sp³-hybridized carbons (Fsp3) is 0.739. The summed E-state index contributed by atoms with van der Waals surface area (Å²) in [5.41, 5.74) is 4.01.